The summed E-state index contributed by atoms with van der Waals surface area (Å²) in [5.41, 5.74) is -0.281. The minimum Gasteiger partial charge on any atom is -0.465 e. The van der Waals surface area contributed by atoms with E-state index in [1.54, 1.807) is 0 Å². The molecule has 0 aromatic rings. The quantitative estimate of drug-likeness (QED) is 0.618. The predicted molar refractivity (Wildman–Crippen MR) is 53.4 cm³/mol. The first-order valence-electron chi connectivity index (χ1n) is 3.46. The minimum atomic E-state index is -0.839. The van der Waals surface area contributed by atoms with Crippen molar-refractivity contribution < 1.29 is 9.90 Å². The highest BCUT2D eigenvalue weighted by Crippen LogP contribution is 2.13. The van der Waals surface area contributed by atoms with Gasteiger partial charge in [0.15, 0.2) is 0 Å². The molecule has 3 nitrogen and oxygen atoms in total. The maximum absolute atomic E-state index is 10.7. The lowest BCUT2D eigenvalue weighted by Gasteiger charge is -2.32. The zero-order chi connectivity index (χ0) is 9.07. The van der Waals surface area contributed by atoms with Gasteiger partial charge in [-0.1, -0.05) is 22.6 Å². The highest BCUT2D eigenvalue weighted by Gasteiger charge is 2.24. The molecule has 0 spiro atoms. The molecular formula is C7H14INO2. The highest BCUT2D eigenvalue weighted by atomic mass is 127. The second-order valence-electron chi connectivity index (χ2n) is 3.29. The van der Waals surface area contributed by atoms with Crippen LogP contribution in [0.25, 0.3) is 0 Å². The van der Waals surface area contributed by atoms with Gasteiger partial charge < -0.3 is 10.0 Å². The van der Waals surface area contributed by atoms with Crippen LogP contribution >= 0.6 is 22.6 Å². The number of alkyl halides is 1. The maximum atomic E-state index is 10.7. The lowest BCUT2D eigenvalue weighted by molar-refractivity contribution is 0.105. The van der Waals surface area contributed by atoms with E-state index >= 15 is 0 Å². The number of hydrogen-bond acceptors (Lipinski definition) is 1. The van der Waals surface area contributed by atoms with Crippen LogP contribution in [0.2, 0.25) is 0 Å². The zero-order valence-corrected chi connectivity index (χ0v) is 9.25. The maximum Gasteiger partial charge on any atom is 0.407 e. The van der Waals surface area contributed by atoms with E-state index in [4.69, 9.17) is 5.11 Å². The normalized spacial score (nSPS) is 11.3. The van der Waals surface area contributed by atoms with E-state index in [0.29, 0.717) is 6.54 Å². The summed E-state index contributed by atoms with van der Waals surface area (Å²) in [4.78, 5) is 12.1. The van der Waals surface area contributed by atoms with Crippen LogP contribution in [0.3, 0.4) is 0 Å². The molecule has 0 unspecified atom stereocenters. The van der Waals surface area contributed by atoms with Gasteiger partial charge in [0.25, 0.3) is 0 Å². The molecule has 0 aliphatic heterocycles. The third-order valence-corrected chi connectivity index (χ3v) is 1.83. The molecule has 4 heteroatoms. The zero-order valence-electron chi connectivity index (χ0n) is 7.09. The lowest BCUT2D eigenvalue weighted by Crippen LogP contribution is -2.45. The molecule has 0 heterocycles. The Morgan fingerprint density at radius 2 is 2.00 bits per heavy atom. The van der Waals surface area contributed by atoms with Crippen LogP contribution in [0.4, 0.5) is 4.79 Å². The van der Waals surface area contributed by atoms with Crippen molar-refractivity contribution in [1.82, 2.24) is 4.90 Å². The van der Waals surface area contributed by atoms with Gasteiger partial charge in [0, 0.05) is 16.5 Å². The van der Waals surface area contributed by atoms with Gasteiger partial charge in [-0.3, -0.25) is 0 Å². The minimum absolute atomic E-state index is 0.281. The van der Waals surface area contributed by atoms with E-state index in [2.05, 4.69) is 22.6 Å². The summed E-state index contributed by atoms with van der Waals surface area (Å²) in [6.07, 6.45) is -0.839. The number of hydrogen-bond donors (Lipinski definition) is 1. The van der Waals surface area contributed by atoms with Gasteiger partial charge >= 0.3 is 6.09 Å². The van der Waals surface area contributed by atoms with Crippen molar-refractivity contribution >= 4 is 28.7 Å². The topological polar surface area (TPSA) is 40.5 Å². The Balaban J connectivity index is 4.22. The fourth-order valence-corrected chi connectivity index (χ4v) is 1.28. The standard InChI is InChI=1S/C7H14INO2/c1-7(2,3)9(5-4-8)6(10)11/h4-5H2,1-3H3,(H,10,11). The second kappa shape index (κ2) is 4.13. The van der Waals surface area contributed by atoms with Crippen LogP contribution in [0.15, 0.2) is 0 Å². The molecule has 0 atom stereocenters. The van der Waals surface area contributed by atoms with Crippen LogP contribution in [-0.4, -0.2) is 32.6 Å². The average Bonchev–Trinajstić information content (AvgIpc) is 1.79. The Kier molecular flexibility index (Phi) is 4.13. The number of carboxylic acid groups (broad SMARTS) is 1. The van der Waals surface area contributed by atoms with Crippen molar-refractivity contribution in [3.8, 4) is 0 Å². The molecular weight excluding hydrogens is 257 g/mol. The van der Waals surface area contributed by atoms with Crippen molar-refractivity contribution in [2.24, 2.45) is 0 Å². The Morgan fingerprint density at radius 1 is 1.55 bits per heavy atom. The van der Waals surface area contributed by atoms with Gasteiger partial charge in [-0.2, -0.15) is 0 Å². The van der Waals surface area contributed by atoms with Crippen molar-refractivity contribution in [2.45, 2.75) is 26.3 Å². The van der Waals surface area contributed by atoms with Crippen LogP contribution in [0.1, 0.15) is 20.8 Å². The molecule has 66 valence electrons. The molecule has 1 amide bonds. The summed E-state index contributed by atoms with van der Waals surface area (Å²) < 4.78 is 0.835. The van der Waals surface area contributed by atoms with Gasteiger partial charge in [0.05, 0.1) is 0 Å². The predicted octanol–water partition coefficient (Wildman–Crippen LogP) is 2.20. The molecule has 0 fully saturated rings. The molecule has 0 aromatic carbocycles. The Labute approximate surface area is 80.9 Å². The van der Waals surface area contributed by atoms with E-state index in [1.807, 2.05) is 20.8 Å². The fraction of sp³-hybridized carbons (Fsp3) is 0.857. The van der Waals surface area contributed by atoms with E-state index in [-0.39, 0.29) is 5.54 Å². The summed E-state index contributed by atoms with van der Waals surface area (Å²) in [6, 6.07) is 0. The molecule has 0 radical (unpaired) electrons. The molecule has 1 N–H and O–H groups in total. The fourth-order valence-electron chi connectivity index (χ4n) is 0.802. The van der Waals surface area contributed by atoms with E-state index < -0.39 is 6.09 Å². The smallest absolute Gasteiger partial charge is 0.407 e. The molecule has 0 bridgehead atoms. The van der Waals surface area contributed by atoms with Crippen molar-refractivity contribution in [3.05, 3.63) is 0 Å². The van der Waals surface area contributed by atoms with Gasteiger partial charge in [-0.25, -0.2) is 4.79 Å². The molecule has 0 aliphatic rings. The van der Waals surface area contributed by atoms with Gasteiger partial charge in [-0.15, -0.1) is 0 Å². The van der Waals surface area contributed by atoms with Crippen molar-refractivity contribution in [1.29, 1.82) is 0 Å². The molecule has 0 aromatic heterocycles. The Hall–Kier alpha value is 0. The monoisotopic (exact) mass is 271 g/mol. The summed E-state index contributed by atoms with van der Waals surface area (Å²) in [7, 11) is 0. The van der Waals surface area contributed by atoms with Crippen LogP contribution < -0.4 is 0 Å². The highest BCUT2D eigenvalue weighted by molar-refractivity contribution is 14.1. The Bertz CT molecular complexity index is 142. The first-order valence-corrected chi connectivity index (χ1v) is 4.98. The molecule has 0 saturated carbocycles. The van der Waals surface area contributed by atoms with Gasteiger partial charge in [0.2, 0.25) is 0 Å². The second-order valence-corrected chi connectivity index (χ2v) is 4.37. The van der Waals surface area contributed by atoms with Crippen molar-refractivity contribution in [2.75, 3.05) is 11.0 Å². The number of amides is 1. The third-order valence-electron chi connectivity index (χ3n) is 1.35. The molecule has 0 rings (SSSR count). The third kappa shape index (κ3) is 3.79. The number of carbonyl (C=O) groups is 1. The van der Waals surface area contributed by atoms with Crippen LogP contribution in [0.5, 0.6) is 0 Å². The summed E-state index contributed by atoms with van der Waals surface area (Å²) in [5.74, 6) is 0. The molecule has 0 saturated heterocycles. The molecule has 11 heavy (non-hydrogen) atoms. The average molecular weight is 271 g/mol. The van der Waals surface area contributed by atoms with Crippen LogP contribution in [-0.2, 0) is 0 Å². The lowest BCUT2D eigenvalue weighted by atomic mass is 10.1. The summed E-state index contributed by atoms with van der Waals surface area (Å²) >= 11 is 2.17. The Morgan fingerprint density at radius 3 is 2.09 bits per heavy atom. The number of halogens is 1. The molecule has 0 aliphatic carbocycles. The number of rotatable bonds is 2. The van der Waals surface area contributed by atoms with Crippen molar-refractivity contribution in [3.63, 3.8) is 0 Å². The van der Waals surface area contributed by atoms with E-state index in [1.165, 1.54) is 4.90 Å². The largest absolute Gasteiger partial charge is 0.465 e. The summed E-state index contributed by atoms with van der Waals surface area (Å²) in [6.45, 7) is 6.29. The number of nitrogens with zero attached hydrogens (tertiary/aromatic N) is 1. The van der Waals surface area contributed by atoms with Gasteiger partial charge in [-0.05, 0) is 20.8 Å². The van der Waals surface area contributed by atoms with Crippen LogP contribution in [0, 0.1) is 0 Å². The van der Waals surface area contributed by atoms with Gasteiger partial charge in [0.1, 0.15) is 0 Å². The van der Waals surface area contributed by atoms with E-state index in [0.717, 1.165) is 4.43 Å². The SMILES string of the molecule is CC(C)(C)N(CCI)C(=O)O. The first-order chi connectivity index (χ1) is 4.89. The van der Waals surface area contributed by atoms with E-state index in [9.17, 15) is 4.79 Å². The first kappa shape index (κ1) is 11.0. The summed E-state index contributed by atoms with van der Waals surface area (Å²) in [5, 5.41) is 8.76.